The average molecular weight is 672 g/mol. The van der Waals surface area contributed by atoms with Crippen LogP contribution in [0.15, 0.2) is 60.2 Å². The molecule has 0 atom stereocenters. The van der Waals surface area contributed by atoms with Crippen molar-refractivity contribution in [1.29, 1.82) is 0 Å². The van der Waals surface area contributed by atoms with Crippen LogP contribution in [0, 0.1) is 3.57 Å². The van der Waals surface area contributed by atoms with Gasteiger partial charge in [-0.2, -0.15) is 0 Å². The zero-order chi connectivity index (χ0) is 26.7. The normalized spacial score (nSPS) is 14.7. The molecule has 0 unspecified atom stereocenters. The number of ether oxygens (including phenoxy) is 2. The van der Waals surface area contributed by atoms with Crippen molar-refractivity contribution >= 4 is 87.0 Å². The number of rotatable bonds is 7. The second kappa shape index (κ2) is 11.7. The first-order valence-electron chi connectivity index (χ1n) is 10.9. The number of carbonyl (C=O) groups excluding carboxylic acids is 3. The van der Waals surface area contributed by atoms with Crippen LogP contribution in [-0.4, -0.2) is 24.5 Å². The van der Waals surface area contributed by atoms with Crippen LogP contribution in [0.5, 0.6) is 11.5 Å². The zero-order valence-electron chi connectivity index (χ0n) is 19.2. The Kier molecular flexibility index (Phi) is 8.63. The van der Waals surface area contributed by atoms with E-state index in [0.717, 1.165) is 10.5 Å². The molecule has 0 radical (unpaired) electrons. The van der Waals surface area contributed by atoms with E-state index in [9.17, 15) is 14.4 Å². The van der Waals surface area contributed by atoms with Gasteiger partial charge in [-0.15, -0.1) is 0 Å². The lowest BCUT2D eigenvalue weighted by Gasteiger charge is -2.26. The molecule has 11 heteroatoms. The van der Waals surface area contributed by atoms with E-state index >= 15 is 0 Å². The molecule has 3 aromatic rings. The minimum Gasteiger partial charge on any atom is -0.490 e. The van der Waals surface area contributed by atoms with Crippen molar-refractivity contribution in [3.63, 3.8) is 0 Å². The van der Waals surface area contributed by atoms with E-state index in [2.05, 4.69) is 27.9 Å². The molecule has 4 rings (SSSR count). The molecule has 4 amide bonds. The highest BCUT2D eigenvalue weighted by Gasteiger charge is 2.37. The maximum absolute atomic E-state index is 13.2. The van der Waals surface area contributed by atoms with Gasteiger partial charge in [0.1, 0.15) is 12.2 Å². The topological polar surface area (TPSA) is 84.9 Å². The predicted octanol–water partition coefficient (Wildman–Crippen LogP) is 6.90. The molecule has 1 saturated heterocycles. The predicted molar refractivity (Wildman–Crippen MR) is 152 cm³/mol. The number of nitrogens with zero attached hydrogens (tertiary/aromatic N) is 1. The standard InChI is InChI=1S/C26H18Cl3IN2O5/c1-2-36-22-10-14(9-21(30)23(22)37-13-15-6-7-17(28)12-20(15)29)8-19-24(33)31-26(35)32(25(19)34)18-5-3-4-16(27)11-18/h3-12H,2,13H2,1H3,(H,31,33,35)/b19-8+. The highest BCUT2D eigenvalue weighted by Crippen LogP contribution is 2.36. The van der Waals surface area contributed by atoms with Gasteiger partial charge in [0.15, 0.2) is 11.5 Å². The lowest BCUT2D eigenvalue weighted by molar-refractivity contribution is -0.122. The first kappa shape index (κ1) is 27.3. The van der Waals surface area contributed by atoms with E-state index in [1.165, 1.54) is 12.1 Å². The van der Waals surface area contributed by atoms with Gasteiger partial charge in [-0.1, -0.05) is 46.9 Å². The Morgan fingerprint density at radius 3 is 2.43 bits per heavy atom. The molecule has 37 heavy (non-hydrogen) atoms. The maximum Gasteiger partial charge on any atom is 0.335 e. The van der Waals surface area contributed by atoms with Gasteiger partial charge in [0.05, 0.1) is 15.9 Å². The van der Waals surface area contributed by atoms with Crippen molar-refractivity contribution in [2.24, 2.45) is 0 Å². The van der Waals surface area contributed by atoms with Gasteiger partial charge < -0.3 is 9.47 Å². The summed E-state index contributed by atoms with van der Waals surface area (Å²) in [5.74, 6) is -0.691. The van der Waals surface area contributed by atoms with E-state index in [1.54, 1.807) is 48.5 Å². The smallest absolute Gasteiger partial charge is 0.335 e. The lowest BCUT2D eigenvalue weighted by atomic mass is 10.1. The van der Waals surface area contributed by atoms with Crippen molar-refractivity contribution in [3.8, 4) is 11.5 Å². The van der Waals surface area contributed by atoms with Crippen molar-refractivity contribution in [2.45, 2.75) is 13.5 Å². The number of anilines is 1. The number of nitrogens with one attached hydrogen (secondary N) is 1. The Morgan fingerprint density at radius 2 is 1.73 bits per heavy atom. The van der Waals surface area contributed by atoms with Gasteiger partial charge in [-0.3, -0.25) is 14.9 Å². The number of hydrogen-bond acceptors (Lipinski definition) is 5. The molecular formula is C26H18Cl3IN2O5. The molecule has 0 saturated carbocycles. The Morgan fingerprint density at radius 1 is 0.973 bits per heavy atom. The second-order valence-corrected chi connectivity index (χ2v) is 10.2. The lowest BCUT2D eigenvalue weighted by Crippen LogP contribution is -2.54. The molecule has 190 valence electrons. The summed E-state index contributed by atoms with van der Waals surface area (Å²) in [5, 5.41) is 3.53. The SMILES string of the molecule is CCOc1cc(/C=C2\C(=O)NC(=O)N(c3cccc(Cl)c3)C2=O)cc(I)c1OCc1ccc(Cl)cc1Cl. The van der Waals surface area contributed by atoms with Crippen LogP contribution in [0.2, 0.25) is 15.1 Å². The number of benzene rings is 3. The quantitative estimate of drug-likeness (QED) is 0.168. The third-order valence-corrected chi connectivity index (χ3v) is 6.82. The molecule has 1 N–H and O–H groups in total. The van der Waals surface area contributed by atoms with Crippen LogP contribution in [0.3, 0.4) is 0 Å². The van der Waals surface area contributed by atoms with E-state index in [4.69, 9.17) is 44.3 Å². The second-order valence-electron chi connectivity index (χ2n) is 7.73. The molecule has 3 aromatic carbocycles. The van der Waals surface area contributed by atoms with Crippen LogP contribution >= 0.6 is 57.4 Å². The Bertz CT molecular complexity index is 1440. The number of urea groups is 1. The average Bonchev–Trinajstić information content (AvgIpc) is 2.82. The number of carbonyl (C=O) groups is 3. The van der Waals surface area contributed by atoms with Crippen LogP contribution in [0.25, 0.3) is 6.08 Å². The molecule has 0 aromatic heterocycles. The highest BCUT2D eigenvalue weighted by atomic mass is 127. The van der Waals surface area contributed by atoms with E-state index in [0.29, 0.717) is 42.3 Å². The summed E-state index contributed by atoms with van der Waals surface area (Å²) in [6, 6.07) is 13.9. The van der Waals surface area contributed by atoms with Gasteiger partial charge in [0, 0.05) is 20.6 Å². The van der Waals surface area contributed by atoms with Crippen molar-refractivity contribution in [3.05, 3.63) is 89.9 Å². The van der Waals surface area contributed by atoms with Crippen LogP contribution in [-0.2, 0) is 16.2 Å². The monoisotopic (exact) mass is 670 g/mol. The minimum absolute atomic E-state index is 0.171. The Labute approximate surface area is 241 Å². The fourth-order valence-electron chi connectivity index (χ4n) is 3.54. The summed E-state index contributed by atoms with van der Waals surface area (Å²) in [6.45, 7) is 2.35. The molecule has 7 nitrogen and oxygen atoms in total. The molecule has 1 aliphatic rings. The first-order chi connectivity index (χ1) is 17.7. The van der Waals surface area contributed by atoms with Gasteiger partial charge >= 0.3 is 6.03 Å². The fraction of sp³-hybridized carbons (Fsp3) is 0.115. The largest absolute Gasteiger partial charge is 0.490 e. The van der Waals surface area contributed by atoms with Crippen molar-refractivity contribution in [1.82, 2.24) is 5.32 Å². The van der Waals surface area contributed by atoms with E-state index in [-0.39, 0.29) is 17.9 Å². The fourth-order valence-corrected chi connectivity index (χ4v) is 4.97. The van der Waals surface area contributed by atoms with Gasteiger partial charge in [-0.25, -0.2) is 9.69 Å². The van der Waals surface area contributed by atoms with E-state index in [1.807, 2.05) is 6.92 Å². The maximum atomic E-state index is 13.2. The number of hydrogen-bond donors (Lipinski definition) is 1. The number of amides is 4. The molecule has 1 fully saturated rings. The highest BCUT2D eigenvalue weighted by molar-refractivity contribution is 14.1. The van der Waals surface area contributed by atoms with Gasteiger partial charge in [-0.05, 0) is 83.6 Å². The molecular weight excluding hydrogens is 654 g/mol. The summed E-state index contributed by atoms with van der Waals surface area (Å²) >= 11 is 20.3. The molecule has 1 heterocycles. The zero-order valence-corrected chi connectivity index (χ0v) is 23.6. The summed E-state index contributed by atoms with van der Waals surface area (Å²) < 4.78 is 12.5. The summed E-state index contributed by atoms with van der Waals surface area (Å²) in [4.78, 5) is 39.1. The van der Waals surface area contributed by atoms with Crippen LogP contribution < -0.4 is 19.7 Å². The van der Waals surface area contributed by atoms with Gasteiger partial charge in [0.25, 0.3) is 11.8 Å². The third-order valence-electron chi connectivity index (χ3n) is 5.20. The molecule has 0 spiro atoms. The van der Waals surface area contributed by atoms with Crippen LogP contribution in [0.4, 0.5) is 10.5 Å². The number of barbiturate groups is 1. The van der Waals surface area contributed by atoms with Crippen molar-refractivity contribution < 1.29 is 23.9 Å². The van der Waals surface area contributed by atoms with E-state index < -0.39 is 17.8 Å². The molecule has 0 bridgehead atoms. The third kappa shape index (κ3) is 6.20. The number of imide groups is 2. The van der Waals surface area contributed by atoms with Crippen LogP contribution in [0.1, 0.15) is 18.1 Å². The van der Waals surface area contributed by atoms with Gasteiger partial charge in [0.2, 0.25) is 0 Å². The Balaban J connectivity index is 1.66. The molecule has 0 aliphatic carbocycles. The summed E-state index contributed by atoms with van der Waals surface area (Å²) in [5.41, 5.74) is 1.26. The van der Waals surface area contributed by atoms with Crippen molar-refractivity contribution in [2.75, 3.05) is 11.5 Å². The molecule has 1 aliphatic heterocycles. The Hall–Kier alpha value is -2.79. The number of halogens is 4. The summed E-state index contributed by atoms with van der Waals surface area (Å²) in [7, 11) is 0. The minimum atomic E-state index is -0.858. The summed E-state index contributed by atoms with van der Waals surface area (Å²) in [6.07, 6.45) is 1.40. The first-order valence-corrected chi connectivity index (χ1v) is 13.1.